The van der Waals surface area contributed by atoms with Gasteiger partial charge >= 0.3 is 0 Å². The molecule has 2 aromatic carbocycles. The molecule has 3 rings (SSSR count). The Kier molecular flexibility index (Phi) is 6.41. The Hall–Kier alpha value is -2.32. The molecule has 1 atom stereocenters. The van der Waals surface area contributed by atoms with Crippen LogP contribution in [0.3, 0.4) is 0 Å². The molecule has 1 saturated heterocycles. The first-order valence-electron chi connectivity index (χ1n) is 9.16. The van der Waals surface area contributed by atoms with Crippen LogP contribution in [0.5, 0.6) is 0 Å². The Morgan fingerprint density at radius 2 is 1.71 bits per heavy atom. The largest absolute Gasteiger partial charge is 0.352 e. The molecular formula is C20H22F2N2O3S. The van der Waals surface area contributed by atoms with Gasteiger partial charge in [-0.25, -0.2) is 17.2 Å². The van der Waals surface area contributed by atoms with E-state index in [4.69, 9.17) is 0 Å². The van der Waals surface area contributed by atoms with Gasteiger partial charge in [0, 0.05) is 31.1 Å². The number of carbonyl (C=O) groups is 1. The second kappa shape index (κ2) is 8.79. The molecule has 0 spiro atoms. The Bertz CT molecular complexity index is 915. The molecule has 2 aromatic rings. The van der Waals surface area contributed by atoms with E-state index in [9.17, 15) is 22.0 Å². The first-order valence-corrected chi connectivity index (χ1v) is 10.6. The number of benzene rings is 2. The molecule has 1 heterocycles. The minimum absolute atomic E-state index is 0.0534. The van der Waals surface area contributed by atoms with Gasteiger partial charge in [0.05, 0.1) is 4.90 Å². The van der Waals surface area contributed by atoms with Crippen molar-refractivity contribution in [3.8, 4) is 0 Å². The fourth-order valence-corrected chi connectivity index (χ4v) is 5.11. The molecule has 1 N–H and O–H groups in total. The number of sulfonamides is 1. The third kappa shape index (κ3) is 4.56. The van der Waals surface area contributed by atoms with Crippen molar-refractivity contribution in [2.45, 2.75) is 43.2 Å². The van der Waals surface area contributed by atoms with Crippen LogP contribution in [0.4, 0.5) is 8.78 Å². The predicted octanol–water partition coefficient (Wildman–Crippen LogP) is 3.21. The molecule has 28 heavy (non-hydrogen) atoms. The molecule has 1 aliphatic heterocycles. The standard InChI is InChI=1S/C20H22F2N2O3S/c21-18-10-6-11-19(22)17(18)14-23-20(25)13-15-7-4-5-12-24(15)28(26,27)16-8-2-1-3-9-16/h1-3,6,8-11,15H,4-5,7,12-14H2,(H,23,25)/t15-/m0/s1. The lowest BCUT2D eigenvalue weighted by atomic mass is 10.0. The number of amides is 1. The van der Waals surface area contributed by atoms with Crippen LogP contribution in [-0.2, 0) is 21.4 Å². The van der Waals surface area contributed by atoms with E-state index in [2.05, 4.69) is 5.32 Å². The van der Waals surface area contributed by atoms with Gasteiger partial charge < -0.3 is 5.32 Å². The lowest BCUT2D eigenvalue weighted by Crippen LogP contribution is -2.45. The van der Waals surface area contributed by atoms with Crippen molar-refractivity contribution in [2.75, 3.05) is 6.54 Å². The minimum atomic E-state index is -3.70. The molecule has 150 valence electrons. The molecular weight excluding hydrogens is 386 g/mol. The van der Waals surface area contributed by atoms with Crippen LogP contribution in [0, 0.1) is 11.6 Å². The molecule has 0 saturated carbocycles. The fraction of sp³-hybridized carbons (Fsp3) is 0.350. The summed E-state index contributed by atoms with van der Waals surface area (Å²) in [5.74, 6) is -1.90. The van der Waals surface area contributed by atoms with E-state index >= 15 is 0 Å². The molecule has 8 heteroatoms. The van der Waals surface area contributed by atoms with Crippen molar-refractivity contribution in [1.29, 1.82) is 0 Å². The second-order valence-electron chi connectivity index (χ2n) is 6.76. The zero-order valence-electron chi connectivity index (χ0n) is 15.3. The van der Waals surface area contributed by atoms with E-state index in [0.29, 0.717) is 13.0 Å². The number of halogens is 2. The third-order valence-corrected chi connectivity index (χ3v) is 6.83. The highest BCUT2D eigenvalue weighted by Crippen LogP contribution is 2.27. The highest BCUT2D eigenvalue weighted by Gasteiger charge is 2.34. The number of rotatable bonds is 6. The van der Waals surface area contributed by atoms with Gasteiger partial charge in [0.15, 0.2) is 0 Å². The average molecular weight is 408 g/mol. The van der Waals surface area contributed by atoms with Gasteiger partial charge in [0.25, 0.3) is 0 Å². The molecule has 0 unspecified atom stereocenters. The Morgan fingerprint density at radius 1 is 1.04 bits per heavy atom. The third-order valence-electron chi connectivity index (χ3n) is 4.87. The smallest absolute Gasteiger partial charge is 0.243 e. The van der Waals surface area contributed by atoms with Gasteiger partial charge in [0.2, 0.25) is 15.9 Å². The molecule has 0 aromatic heterocycles. The van der Waals surface area contributed by atoms with Crippen LogP contribution < -0.4 is 5.32 Å². The topological polar surface area (TPSA) is 66.5 Å². The van der Waals surface area contributed by atoms with E-state index in [1.54, 1.807) is 18.2 Å². The van der Waals surface area contributed by atoms with Gasteiger partial charge in [-0.2, -0.15) is 4.31 Å². The van der Waals surface area contributed by atoms with Crippen LogP contribution in [0.25, 0.3) is 0 Å². The summed E-state index contributed by atoms with van der Waals surface area (Å²) < 4.78 is 54.6. The number of carbonyl (C=O) groups excluding carboxylic acids is 1. The van der Waals surface area contributed by atoms with E-state index in [0.717, 1.165) is 25.0 Å². The van der Waals surface area contributed by atoms with Gasteiger partial charge in [-0.15, -0.1) is 0 Å². The van der Waals surface area contributed by atoms with Crippen molar-refractivity contribution in [3.63, 3.8) is 0 Å². The van der Waals surface area contributed by atoms with Crippen LogP contribution in [0.15, 0.2) is 53.4 Å². The normalized spacial score (nSPS) is 18.0. The summed E-state index contributed by atoms with van der Waals surface area (Å²) in [5.41, 5.74) is -0.215. The first kappa shape index (κ1) is 20.4. The van der Waals surface area contributed by atoms with Crippen LogP contribution >= 0.6 is 0 Å². The van der Waals surface area contributed by atoms with Crippen LogP contribution in [0.1, 0.15) is 31.2 Å². The lowest BCUT2D eigenvalue weighted by molar-refractivity contribution is -0.122. The van der Waals surface area contributed by atoms with E-state index < -0.39 is 33.6 Å². The zero-order valence-corrected chi connectivity index (χ0v) is 16.1. The lowest BCUT2D eigenvalue weighted by Gasteiger charge is -2.34. The molecule has 0 aliphatic carbocycles. The van der Waals surface area contributed by atoms with Crippen LogP contribution in [-0.4, -0.2) is 31.2 Å². The van der Waals surface area contributed by atoms with E-state index in [1.807, 2.05) is 0 Å². The van der Waals surface area contributed by atoms with Crippen molar-refractivity contribution < 1.29 is 22.0 Å². The molecule has 5 nitrogen and oxygen atoms in total. The Morgan fingerprint density at radius 3 is 2.39 bits per heavy atom. The maximum Gasteiger partial charge on any atom is 0.243 e. The maximum absolute atomic E-state index is 13.7. The van der Waals surface area contributed by atoms with Gasteiger partial charge in [0.1, 0.15) is 11.6 Å². The number of hydrogen-bond acceptors (Lipinski definition) is 3. The number of nitrogens with zero attached hydrogens (tertiary/aromatic N) is 1. The number of nitrogens with one attached hydrogen (secondary N) is 1. The van der Waals surface area contributed by atoms with Crippen molar-refractivity contribution >= 4 is 15.9 Å². The molecule has 0 bridgehead atoms. The summed E-state index contributed by atoms with van der Waals surface area (Å²) in [5, 5.41) is 2.50. The zero-order chi connectivity index (χ0) is 20.1. The number of piperidine rings is 1. The number of hydrogen-bond donors (Lipinski definition) is 1. The molecule has 1 amide bonds. The van der Waals surface area contributed by atoms with E-state index in [1.165, 1.54) is 22.5 Å². The maximum atomic E-state index is 13.7. The van der Waals surface area contributed by atoms with Crippen molar-refractivity contribution in [3.05, 3.63) is 65.7 Å². The molecule has 1 fully saturated rings. The Labute approximate surface area is 163 Å². The van der Waals surface area contributed by atoms with Gasteiger partial charge in [-0.3, -0.25) is 4.79 Å². The predicted molar refractivity (Wildman–Crippen MR) is 101 cm³/mol. The fourth-order valence-electron chi connectivity index (χ4n) is 3.40. The van der Waals surface area contributed by atoms with E-state index in [-0.39, 0.29) is 23.4 Å². The monoisotopic (exact) mass is 408 g/mol. The summed E-state index contributed by atoms with van der Waals surface area (Å²) in [6, 6.07) is 11.1. The molecule has 1 aliphatic rings. The van der Waals surface area contributed by atoms with Gasteiger partial charge in [-0.05, 0) is 37.1 Å². The average Bonchev–Trinajstić information content (AvgIpc) is 2.68. The highest BCUT2D eigenvalue weighted by atomic mass is 32.2. The second-order valence-corrected chi connectivity index (χ2v) is 8.65. The summed E-state index contributed by atoms with van der Waals surface area (Å²) >= 11 is 0. The summed E-state index contributed by atoms with van der Waals surface area (Å²) in [7, 11) is -3.70. The van der Waals surface area contributed by atoms with Crippen molar-refractivity contribution in [2.24, 2.45) is 0 Å². The van der Waals surface area contributed by atoms with Gasteiger partial charge in [-0.1, -0.05) is 30.7 Å². The van der Waals surface area contributed by atoms with Crippen LogP contribution in [0.2, 0.25) is 0 Å². The SMILES string of the molecule is O=C(C[C@@H]1CCCCN1S(=O)(=O)c1ccccc1)NCc1c(F)cccc1F. The molecule has 0 radical (unpaired) electrons. The highest BCUT2D eigenvalue weighted by molar-refractivity contribution is 7.89. The summed E-state index contributed by atoms with van der Waals surface area (Å²) in [6.45, 7) is 0.0621. The quantitative estimate of drug-likeness (QED) is 0.798. The summed E-state index contributed by atoms with van der Waals surface area (Å²) in [6.07, 6.45) is 2.06. The first-order chi connectivity index (χ1) is 13.4. The van der Waals surface area contributed by atoms with Crippen molar-refractivity contribution in [1.82, 2.24) is 9.62 Å². The summed E-state index contributed by atoms with van der Waals surface area (Å²) in [4.78, 5) is 12.5. The Balaban J connectivity index is 1.68. The minimum Gasteiger partial charge on any atom is -0.352 e.